The predicted molar refractivity (Wildman–Crippen MR) is 178 cm³/mol. The molecular weight excluding hydrogens is 584 g/mol. The molecule has 45 heavy (non-hydrogen) atoms. The number of amides is 1. The van der Waals surface area contributed by atoms with E-state index in [4.69, 9.17) is 9.47 Å². The highest BCUT2D eigenvalue weighted by molar-refractivity contribution is 7.09. The standard InChI is InChI=1S/C37H38N2O5S/c1-36(2,3)44-34(41)38-24-13-25-43-31-22-20-27(21-23-31)26-32-33(40)39(35(42)45-32)37(28-14-7-4-8-15-28,29-16-9-5-10-17-29)30-18-11-6-12-19-30/h4-12,14-23,40H,13,24-26H2,1-3H3,(H,38,41). The Morgan fingerprint density at radius 2 is 1.31 bits per heavy atom. The summed E-state index contributed by atoms with van der Waals surface area (Å²) >= 11 is 1.06. The van der Waals surface area contributed by atoms with Gasteiger partial charge in [-0.05, 0) is 61.6 Å². The van der Waals surface area contributed by atoms with E-state index < -0.39 is 17.2 Å². The minimum atomic E-state index is -1.09. The van der Waals surface area contributed by atoms with Gasteiger partial charge in [0, 0.05) is 13.0 Å². The van der Waals surface area contributed by atoms with Crippen LogP contribution in [0.15, 0.2) is 120 Å². The monoisotopic (exact) mass is 622 g/mol. The number of nitrogens with one attached hydrogen (secondary N) is 1. The molecular formula is C37H38N2O5S. The van der Waals surface area contributed by atoms with Crippen LogP contribution in [0.3, 0.4) is 0 Å². The third kappa shape index (κ3) is 7.29. The lowest BCUT2D eigenvalue weighted by Gasteiger charge is -2.37. The molecule has 0 unspecified atom stereocenters. The molecule has 0 atom stereocenters. The number of carbonyl (C=O) groups excluding carboxylic acids is 1. The van der Waals surface area contributed by atoms with Crippen LogP contribution in [0.25, 0.3) is 0 Å². The minimum absolute atomic E-state index is 0.0561. The Hall–Kier alpha value is -4.82. The molecule has 0 radical (unpaired) electrons. The van der Waals surface area contributed by atoms with Gasteiger partial charge in [-0.1, -0.05) is 114 Å². The Morgan fingerprint density at radius 3 is 1.80 bits per heavy atom. The van der Waals surface area contributed by atoms with Gasteiger partial charge in [0.1, 0.15) is 16.9 Å². The van der Waals surface area contributed by atoms with Gasteiger partial charge in [-0.3, -0.25) is 9.36 Å². The largest absolute Gasteiger partial charge is 0.494 e. The number of hydrogen-bond donors (Lipinski definition) is 2. The van der Waals surface area contributed by atoms with Crippen LogP contribution in [0.5, 0.6) is 11.6 Å². The fourth-order valence-corrected chi connectivity index (χ4v) is 6.35. The number of hydrogen-bond acceptors (Lipinski definition) is 6. The number of thiazole rings is 1. The highest BCUT2D eigenvalue weighted by Crippen LogP contribution is 2.43. The first kappa shape index (κ1) is 31.6. The van der Waals surface area contributed by atoms with Crippen LogP contribution < -0.4 is 14.9 Å². The Morgan fingerprint density at radius 1 is 0.800 bits per heavy atom. The summed E-state index contributed by atoms with van der Waals surface area (Å²) in [5.41, 5.74) is 1.91. The van der Waals surface area contributed by atoms with Crippen molar-refractivity contribution in [3.63, 3.8) is 0 Å². The highest BCUT2D eigenvalue weighted by Gasteiger charge is 2.42. The van der Waals surface area contributed by atoms with Crippen LogP contribution in [-0.2, 0) is 16.7 Å². The maximum Gasteiger partial charge on any atom is 0.407 e. The molecule has 0 fully saturated rings. The molecule has 0 saturated carbocycles. The smallest absolute Gasteiger partial charge is 0.407 e. The number of benzene rings is 4. The third-order valence-electron chi connectivity index (χ3n) is 7.31. The molecule has 0 saturated heterocycles. The predicted octanol–water partition coefficient (Wildman–Crippen LogP) is 7.34. The van der Waals surface area contributed by atoms with E-state index in [9.17, 15) is 14.7 Å². The number of aromatic hydroxyl groups is 1. The third-order valence-corrected chi connectivity index (χ3v) is 8.24. The van der Waals surface area contributed by atoms with Crippen LogP contribution in [0.1, 0.15) is 54.3 Å². The second-order valence-corrected chi connectivity index (χ2v) is 12.8. The fourth-order valence-electron chi connectivity index (χ4n) is 5.40. The van der Waals surface area contributed by atoms with Gasteiger partial charge in [-0.25, -0.2) is 4.79 Å². The van der Waals surface area contributed by atoms with Gasteiger partial charge in [0.25, 0.3) is 0 Å². The van der Waals surface area contributed by atoms with E-state index in [0.717, 1.165) is 33.6 Å². The van der Waals surface area contributed by atoms with Crippen molar-refractivity contribution in [2.24, 2.45) is 0 Å². The van der Waals surface area contributed by atoms with Gasteiger partial charge in [0.05, 0.1) is 11.5 Å². The molecule has 2 N–H and O–H groups in total. The van der Waals surface area contributed by atoms with Crippen LogP contribution in [0.4, 0.5) is 4.79 Å². The van der Waals surface area contributed by atoms with E-state index in [1.807, 2.05) is 136 Å². The molecule has 1 aromatic heterocycles. The number of aromatic nitrogens is 1. The van der Waals surface area contributed by atoms with E-state index in [1.54, 1.807) is 0 Å². The summed E-state index contributed by atoms with van der Waals surface area (Å²) in [4.78, 5) is 26.0. The Balaban J connectivity index is 1.38. The van der Waals surface area contributed by atoms with E-state index in [-0.39, 0.29) is 10.8 Å². The zero-order valence-corrected chi connectivity index (χ0v) is 26.6. The maximum absolute atomic E-state index is 13.9. The van der Waals surface area contributed by atoms with E-state index in [2.05, 4.69) is 5.32 Å². The average Bonchev–Trinajstić information content (AvgIpc) is 3.31. The normalized spacial score (nSPS) is 11.6. The summed E-state index contributed by atoms with van der Waals surface area (Å²) in [6, 6.07) is 37.1. The van der Waals surface area contributed by atoms with Crippen LogP contribution in [-0.4, -0.2) is 34.5 Å². The molecule has 1 amide bonds. The van der Waals surface area contributed by atoms with Gasteiger partial charge < -0.3 is 19.9 Å². The summed E-state index contributed by atoms with van der Waals surface area (Å²) in [6.07, 6.45) is 0.565. The fraction of sp³-hybridized carbons (Fsp3) is 0.243. The molecule has 0 aliphatic heterocycles. The van der Waals surface area contributed by atoms with Gasteiger partial charge in [-0.15, -0.1) is 0 Å². The Kier molecular flexibility index (Phi) is 9.74. The summed E-state index contributed by atoms with van der Waals surface area (Å²) in [6.45, 7) is 6.34. The lowest BCUT2D eigenvalue weighted by molar-refractivity contribution is 0.0525. The summed E-state index contributed by atoms with van der Waals surface area (Å²) in [5.74, 6) is 0.640. The molecule has 4 aromatic carbocycles. The van der Waals surface area contributed by atoms with Crippen molar-refractivity contribution in [3.8, 4) is 11.6 Å². The molecule has 232 valence electrons. The second-order valence-electron chi connectivity index (χ2n) is 11.7. The second kappa shape index (κ2) is 13.9. The van der Waals surface area contributed by atoms with E-state index in [0.29, 0.717) is 36.6 Å². The van der Waals surface area contributed by atoms with Gasteiger partial charge in [0.2, 0.25) is 5.88 Å². The lowest BCUT2D eigenvalue weighted by atomic mass is 9.76. The van der Waals surface area contributed by atoms with Crippen LogP contribution in [0, 0.1) is 0 Å². The summed E-state index contributed by atoms with van der Waals surface area (Å²) in [5, 5.41) is 14.5. The van der Waals surface area contributed by atoms with Gasteiger partial charge >= 0.3 is 11.0 Å². The maximum atomic E-state index is 13.9. The Bertz CT molecular complexity index is 1650. The quantitative estimate of drug-likeness (QED) is 0.119. The van der Waals surface area contributed by atoms with Gasteiger partial charge in [0.15, 0.2) is 0 Å². The molecule has 7 nitrogen and oxygen atoms in total. The number of nitrogens with zero attached hydrogens (tertiary/aromatic N) is 1. The summed E-state index contributed by atoms with van der Waals surface area (Å²) in [7, 11) is 0. The van der Waals surface area contributed by atoms with Crippen molar-refractivity contribution in [3.05, 3.63) is 152 Å². The van der Waals surface area contributed by atoms with Crippen molar-refractivity contribution in [1.82, 2.24) is 9.88 Å². The van der Waals surface area contributed by atoms with Crippen molar-refractivity contribution in [1.29, 1.82) is 0 Å². The molecule has 0 aliphatic carbocycles. The first-order chi connectivity index (χ1) is 21.7. The minimum Gasteiger partial charge on any atom is -0.494 e. The number of alkyl carbamates (subject to hydrolysis) is 1. The first-order valence-corrected chi connectivity index (χ1v) is 15.8. The Labute approximate surface area is 267 Å². The number of carbonyl (C=O) groups is 1. The topological polar surface area (TPSA) is 89.8 Å². The van der Waals surface area contributed by atoms with Crippen molar-refractivity contribution in [2.75, 3.05) is 13.2 Å². The molecule has 0 aliphatic rings. The van der Waals surface area contributed by atoms with Crippen molar-refractivity contribution < 1.29 is 19.4 Å². The molecule has 1 heterocycles. The molecule has 5 rings (SSSR count). The number of ether oxygens (including phenoxy) is 2. The molecule has 0 spiro atoms. The molecule has 0 bridgehead atoms. The SMILES string of the molecule is CC(C)(C)OC(=O)NCCCOc1ccc(Cc2sc(=O)n(C(c3ccccc3)(c3ccccc3)c3ccccc3)c2O)cc1. The highest BCUT2D eigenvalue weighted by atomic mass is 32.1. The lowest BCUT2D eigenvalue weighted by Crippen LogP contribution is -2.42. The zero-order valence-electron chi connectivity index (χ0n) is 25.7. The molecule has 8 heteroatoms. The van der Waals surface area contributed by atoms with Crippen LogP contribution in [0.2, 0.25) is 0 Å². The zero-order chi connectivity index (χ0) is 31.9. The first-order valence-electron chi connectivity index (χ1n) is 15.0. The molecule has 5 aromatic rings. The van der Waals surface area contributed by atoms with Gasteiger partial charge in [-0.2, -0.15) is 0 Å². The van der Waals surface area contributed by atoms with E-state index in [1.165, 1.54) is 4.57 Å². The van der Waals surface area contributed by atoms with Crippen molar-refractivity contribution in [2.45, 2.75) is 44.8 Å². The summed E-state index contributed by atoms with van der Waals surface area (Å²) < 4.78 is 12.6. The average molecular weight is 623 g/mol. The van der Waals surface area contributed by atoms with Crippen molar-refractivity contribution >= 4 is 17.4 Å². The van der Waals surface area contributed by atoms with Crippen LogP contribution >= 0.6 is 11.3 Å². The number of rotatable bonds is 11. The van der Waals surface area contributed by atoms with E-state index >= 15 is 0 Å².